The van der Waals surface area contributed by atoms with Crippen molar-refractivity contribution in [1.82, 2.24) is 4.57 Å². The van der Waals surface area contributed by atoms with Crippen molar-refractivity contribution in [2.24, 2.45) is 0 Å². The van der Waals surface area contributed by atoms with Crippen LogP contribution < -0.4 is 0 Å². The first-order valence-electron chi connectivity index (χ1n) is 10.3. The maximum atomic E-state index is 13.4. The molecule has 4 rings (SSSR count). The van der Waals surface area contributed by atoms with Gasteiger partial charge in [-0.1, -0.05) is 35.9 Å². The number of halogens is 2. The van der Waals surface area contributed by atoms with Crippen LogP contribution in [0.1, 0.15) is 16.7 Å². The fraction of sp³-hybridized carbons (Fsp3) is 0.200. The molecule has 0 amide bonds. The highest BCUT2D eigenvalue weighted by Gasteiger charge is 2.15. The summed E-state index contributed by atoms with van der Waals surface area (Å²) in [4.78, 5) is 0.139. The van der Waals surface area contributed by atoms with Crippen LogP contribution in [0.15, 0.2) is 77.8 Å². The average Bonchev–Trinajstić information content (AvgIpc) is 3.17. The predicted octanol–water partition coefficient (Wildman–Crippen LogP) is 5.42. The Hall–Kier alpha value is -3.03. The summed E-state index contributed by atoms with van der Waals surface area (Å²) in [7, 11) is -3.81. The van der Waals surface area contributed by atoms with E-state index in [1.165, 1.54) is 18.2 Å². The second-order valence-corrected chi connectivity index (χ2v) is 9.36. The fourth-order valence-electron chi connectivity index (χ4n) is 3.58. The molecule has 0 aliphatic carbocycles. The van der Waals surface area contributed by atoms with Crippen molar-refractivity contribution in [2.75, 3.05) is 6.61 Å². The van der Waals surface area contributed by atoms with E-state index in [-0.39, 0.29) is 11.5 Å². The van der Waals surface area contributed by atoms with E-state index in [0.29, 0.717) is 19.4 Å². The quantitative estimate of drug-likeness (QED) is 0.334. The van der Waals surface area contributed by atoms with Gasteiger partial charge in [-0.05, 0) is 72.7 Å². The number of benzene rings is 3. The molecule has 3 aromatic carbocycles. The maximum Gasteiger partial charge on any atom is 0.297 e. The summed E-state index contributed by atoms with van der Waals surface area (Å²) in [5, 5.41) is 1.03. The number of hydrogen-bond acceptors (Lipinski definition) is 3. The van der Waals surface area contributed by atoms with E-state index in [9.17, 15) is 17.2 Å². The first kappa shape index (κ1) is 22.2. The summed E-state index contributed by atoms with van der Waals surface area (Å²) in [5.74, 6) is -1.69. The van der Waals surface area contributed by atoms with Gasteiger partial charge in [0.2, 0.25) is 0 Å². The fourth-order valence-corrected chi connectivity index (χ4v) is 4.48. The van der Waals surface area contributed by atoms with Crippen LogP contribution >= 0.6 is 0 Å². The molecular weight excluding hydrogens is 432 g/mol. The Kier molecular flexibility index (Phi) is 6.39. The molecule has 0 saturated carbocycles. The van der Waals surface area contributed by atoms with Crippen LogP contribution in [0, 0.1) is 18.6 Å². The molecule has 0 saturated heterocycles. The van der Waals surface area contributed by atoms with E-state index in [1.807, 2.05) is 42.0 Å². The molecule has 0 spiro atoms. The summed E-state index contributed by atoms with van der Waals surface area (Å²) in [5.41, 5.74) is 3.72. The minimum absolute atomic E-state index is 0.0130. The SMILES string of the molecule is Cc1ccc(S(=O)(=O)OCCn2ccc3ccc(CCc4ccc(F)c(F)c4)cc32)cc1. The smallest absolute Gasteiger partial charge is 0.297 e. The van der Waals surface area contributed by atoms with E-state index in [0.717, 1.165) is 33.7 Å². The highest BCUT2D eigenvalue weighted by Crippen LogP contribution is 2.20. The molecule has 0 fully saturated rings. The van der Waals surface area contributed by atoms with Crippen LogP contribution in [0.4, 0.5) is 8.78 Å². The lowest BCUT2D eigenvalue weighted by atomic mass is 10.0. The highest BCUT2D eigenvalue weighted by molar-refractivity contribution is 7.86. The number of rotatable bonds is 8. The summed E-state index contributed by atoms with van der Waals surface area (Å²) < 4.78 is 58.4. The maximum absolute atomic E-state index is 13.4. The van der Waals surface area contributed by atoms with Gasteiger partial charge in [-0.25, -0.2) is 8.78 Å². The normalized spacial score (nSPS) is 11.8. The van der Waals surface area contributed by atoms with Gasteiger partial charge in [-0.2, -0.15) is 8.42 Å². The lowest BCUT2D eigenvalue weighted by Crippen LogP contribution is -2.12. The van der Waals surface area contributed by atoms with Crippen molar-refractivity contribution in [3.05, 3.63) is 101 Å². The zero-order valence-electron chi connectivity index (χ0n) is 17.6. The van der Waals surface area contributed by atoms with E-state index in [4.69, 9.17) is 4.18 Å². The van der Waals surface area contributed by atoms with Gasteiger partial charge in [-0.15, -0.1) is 0 Å². The molecule has 1 aromatic heterocycles. The average molecular weight is 456 g/mol. The molecule has 0 aliphatic heterocycles. The minimum Gasteiger partial charge on any atom is -0.345 e. The van der Waals surface area contributed by atoms with Crippen molar-refractivity contribution < 1.29 is 21.4 Å². The third kappa shape index (κ3) is 5.06. The second-order valence-electron chi connectivity index (χ2n) is 7.74. The summed E-state index contributed by atoms with van der Waals surface area (Å²) in [6, 6.07) is 18.5. The zero-order chi connectivity index (χ0) is 22.7. The zero-order valence-corrected chi connectivity index (χ0v) is 18.4. The van der Waals surface area contributed by atoms with Gasteiger partial charge >= 0.3 is 0 Å². The van der Waals surface area contributed by atoms with Crippen molar-refractivity contribution >= 4 is 21.0 Å². The van der Waals surface area contributed by atoms with E-state index in [2.05, 4.69) is 0 Å². The Labute approximate surface area is 186 Å². The van der Waals surface area contributed by atoms with Gasteiger partial charge in [0.15, 0.2) is 11.6 Å². The van der Waals surface area contributed by atoms with Gasteiger partial charge in [-0.3, -0.25) is 4.18 Å². The van der Waals surface area contributed by atoms with Gasteiger partial charge in [0.25, 0.3) is 10.1 Å². The molecule has 32 heavy (non-hydrogen) atoms. The summed E-state index contributed by atoms with van der Waals surface area (Å²) in [6.45, 7) is 2.28. The minimum atomic E-state index is -3.81. The molecule has 0 atom stereocenters. The first-order valence-corrected chi connectivity index (χ1v) is 11.7. The first-order chi connectivity index (χ1) is 15.3. The Morgan fingerprint density at radius 1 is 0.844 bits per heavy atom. The molecule has 1 heterocycles. The standard InChI is InChI=1S/C25H23F2NO3S/c1-18-2-9-22(10-3-18)32(29,30)31-15-14-28-13-12-21-8-6-20(17-25(21)28)5-4-19-7-11-23(26)24(27)16-19/h2-3,6-13,16-17H,4-5,14-15H2,1H3. The van der Waals surface area contributed by atoms with Crippen molar-refractivity contribution in [2.45, 2.75) is 31.2 Å². The monoisotopic (exact) mass is 455 g/mol. The molecule has 0 bridgehead atoms. The highest BCUT2D eigenvalue weighted by atomic mass is 32.2. The van der Waals surface area contributed by atoms with Crippen LogP contribution in [-0.2, 0) is 33.7 Å². The van der Waals surface area contributed by atoms with Gasteiger partial charge < -0.3 is 4.57 Å². The molecule has 4 nitrogen and oxygen atoms in total. The lowest BCUT2D eigenvalue weighted by molar-refractivity contribution is 0.302. The topological polar surface area (TPSA) is 48.3 Å². The molecule has 0 aliphatic rings. The Bertz CT molecular complexity index is 1350. The van der Waals surface area contributed by atoms with Crippen LogP contribution in [0.3, 0.4) is 0 Å². The van der Waals surface area contributed by atoms with Crippen molar-refractivity contribution in [1.29, 1.82) is 0 Å². The summed E-state index contributed by atoms with van der Waals surface area (Å²) in [6.07, 6.45) is 3.15. The molecule has 7 heteroatoms. The number of nitrogens with zero attached hydrogens (tertiary/aromatic N) is 1. The molecule has 0 unspecified atom stereocenters. The predicted molar refractivity (Wildman–Crippen MR) is 120 cm³/mol. The van der Waals surface area contributed by atoms with Crippen LogP contribution in [0.25, 0.3) is 10.9 Å². The van der Waals surface area contributed by atoms with Crippen LogP contribution in [0.2, 0.25) is 0 Å². The number of hydrogen-bond donors (Lipinski definition) is 0. The van der Waals surface area contributed by atoms with Crippen LogP contribution in [0.5, 0.6) is 0 Å². The Morgan fingerprint density at radius 3 is 2.25 bits per heavy atom. The van der Waals surface area contributed by atoms with Crippen molar-refractivity contribution in [3.63, 3.8) is 0 Å². The summed E-state index contributed by atoms with van der Waals surface area (Å²) >= 11 is 0. The number of aromatic nitrogens is 1. The van der Waals surface area contributed by atoms with E-state index in [1.54, 1.807) is 18.2 Å². The van der Waals surface area contributed by atoms with Gasteiger partial charge in [0.05, 0.1) is 11.5 Å². The van der Waals surface area contributed by atoms with E-state index >= 15 is 0 Å². The van der Waals surface area contributed by atoms with Gasteiger partial charge in [0.1, 0.15) is 0 Å². The number of fused-ring (bicyclic) bond motifs is 1. The number of aryl methyl sites for hydroxylation is 3. The van der Waals surface area contributed by atoms with E-state index < -0.39 is 21.8 Å². The van der Waals surface area contributed by atoms with Crippen LogP contribution in [-0.4, -0.2) is 19.6 Å². The third-order valence-corrected chi connectivity index (χ3v) is 6.73. The lowest BCUT2D eigenvalue weighted by Gasteiger charge is -2.09. The molecule has 0 N–H and O–H groups in total. The molecule has 4 aromatic rings. The Balaban J connectivity index is 1.42. The molecular formula is C25H23F2NO3S. The third-order valence-electron chi connectivity index (χ3n) is 5.41. The largest absolute Gasteiger partial charge is 0.345 e. The second kappa shape index (κ2) is 9.22. The van der Waals surface area contributed by atoms with Gasteiger partial charge in [0, 0.05) is 18.3 Å². The molecule has 0 radical (unpaired) electrons. The Morgan fingerprint density at radius 2 is 1.53 bits per heavy atom. The molecule has 166 valence electrons. The van der Waals surface area contributed by atoms with Crippen molar-refractivity contribution in [3.8, 4) is 0 Å².